The van der Waals surface area contributed by atoms with Crippen LogP contribution in [0.2, 0.25) is 0 Å². The lowest BCUT2D eigenvalue weighted by Gasteiger charge is -2.19. The number of methoxy groups -OCH3 is 1. The van der Waals surface area contributed by atoms with Gasteiger partial charge in [0.15, 0.2) is 0 Å². The van der Waals surface area contributed by atoms with Gasteiger partial charge in [-0.1, -0.05) is 12.1 Å². The van der Waals surface area contributed by atoms with Crippen LogP contribution in [0.15, 0.2) is 29.4 Å². The van der Waals surface area contributed by atoms with Crippen molar-refractivity contribution < 1.29 is 9.53 Å². The SMILES string of the molecule is COc1ccc(CN2N=CC3CC3C2=O)cc1. The molecular weight excluding hydrogens is 216 g/mol. The van der Waals surface area contributed by atoms with Crippen LogP contribution in [0.4, 0.5) is 0 Å². The first-order valence-electron chi connectivity index (χ1n) is 5.76. The molecule has 1 aromatic carbocycles. The third kappa shape index (κ3) is 1.90. The Balaban J connectivity index is 1.71. The molecule has 1 amide bonds. The van der Waals surface area contributed by atoms with Crippen LogP contribution in [0.5, 0.6) is 5.75 Å². The Labute approximate surface area is 99.9 Å². The molecule has 0 radical (unpaired) electrons. The summed E-state index contributed by atoms with van der Waals surface area (Å²) in [4.78, 5) is 11.9. The highest BCUT2D eigenvalue weighted by molar-refractivity contribution is 5.90. The molecule has 2 unspecified atom stereocenters. The number of carbonyl (C=O) groups is 1. The predicted octanol–water partition coefficient (Wildman–Crippen LogP) is 1.66. The Morgan fingerprint density at radius 3 is 2.88 bits per heavy atom. The van der Waals surface area contributed by atoms with Gasteiger partial charge in [-0.15, -0.1) is 0 Å². The molecule has 1 saturated carbocycles. The molecule has 2 atom stereocenters. The molecule has 3 rings (SSSR count). The molecule has 88 valence electrons. The van der Waals surface area contributed by atoms with E-state index in [-0.39, 0.29) is 11.8 Å². The highest BCUT2D eigenvalue weighted by Crippen LogP contribution is 2.41. The van der Waals surface area contributed by atoms with Gasteiger partial charge in [-0.05, 0) is 24.1 Å². The van der Waals surface area contributed by atoms with Crippen LogP contribution >= 0.6 is 0 Å². The summed E-state index contributed by atoms with van der Waals surface area (Å²) in [6.07, 6.45) is 2.87. The number of carbonyl (C=O) groups excluding carboxylic acids is 1. The van der Waals surface area contributed by atoms with E-state index in [1.165, 1.54) is 0 Å². The molecular formula is C13H14N2O2. The molecule has 4 nitrogen and oxygen atoms in total. The Kier molecular flexibility index (Phi) is 2.35. The van der Waals surface area contributed by atoms with Gasteiger partial charge in [0.05, 0.1) is 13.7 Å². The zero-order valence-corrected chi connectivity index (χ0v) is 9.67. The fourth-order valence-electron chi connectivity index (χ4n) is 2.10. The van der Waals surface area contributed by atoms with E-state index in [1.54, 1.807) is 12.1 Å². The molecule has 1 heterocycles. The van der Waals surface area contributed by atoms with E-state index < -0.39 is 0 Å². The summed E-state index contributed by atoms with van der Waals surface area (Å²) < 4.78 is 5.09. The Morgan fingerprint density at radius 1 is 1.41 bits per heavy atom. The zero-order chi connectivity index (χ0) is 11.8. The van der Waals surface area contributed by atoms with E-state index in [0.717, 1.165) is 17.7 Å². The van der Waals surface area contributed by atoms with Gasteiger partial charge in [-0.2, -0.15) is 5.10 Å². The maximum Gasteiger partial charge on any atom is 0.246 e. The lowest BCUT2D eigenvalue weighted by atomic mass is 10.2. The maximum atomic E-state index is 11.9. The number of hydrogen-bond donors (Lipinski definition) is 0. The van der Waals surface area contributed by atoms with Gasteiger partial charge in [0.1, 0.15) is 5.75 Å². The van der Waals surface area contributed by atoms with E-state index in [1.807, 2.05) is 30.5 Å². The zero-order valence-electron chi connectivity index (χ0n) is 9.67. The van der Waals surface area contributed by atoms with E-state index in [2.05, 4.69) is 5.10 Å². The summed E-state index contributed by atoms with van der Waals surface area (Å²) in [7, 11) is 1.64. The second-order valence-corrected chi connectivity index (χ2v) is 4.51. The number of benzene rings is 1. The first-order chi connectivity index (χ1) is 8.28. The number of ether oxygens (including phenoxy) is 1. The van der Waals surface area contributed by atoms with Gasteiger partial charge in [-0.3, -0.25) is 4.79 Å². The van der Waals surface area contributed by atoms with Crippen molar-refractivity contribution in [3.63, 3.8) is 0 Å². The van der Waals surface area contributed by atoms with Crippen molar-refractivity contribution >= 4 is 12.1 Å². The average molecular weight is 230 g/mol. The summed E-state index contributed by atoms with van der Waals surface area (Å²) >= 11 is 0. The second kappa shape index (κ2) is 3.87. The number of amides is 1. The van der Waals surface area contributed by atoms with Crippen LogP contribution in [-0.2, 0) is 11.3 Å². The van der Waals surface area contributed by atoms with Gasteiger partial charge < -0.3 is 4.74 Å². The standard InChI is InChI=1S/C13H14N2O2/c1-17-11-4-2-9(3-5-11)8-15-13(16)12-6-10(12)7-14-15/h2-5,7,10,12H,6,8H2,1H3. The van der Waals surface area contributed by atoms with Gasteiger partial charge in [0, 0.05) is 18.1 Å². The highest BCUT2D eigenvalue weighted by Gasteiger charge is 2.46. The fraction of sp³-hybridized carbons (Fsp3) is 0.385. The van der Waals surface area contributed by atoms with Crippen LogP contribution < -0.4 is 4.74 Å². The minimum atomic E-state index is 0.160. The molecule has 17 heavy (non-hydrogen) atoms. The van der Waals surface area contributed by atoms with Gasteiger partial charge >= 0.3 is 0 Å². The van der Waals surface area contributed by atoms with Gasteiger partial charge in [0.2, 0.25) is 5.91 Å². The molecule has 4 heteroatoms. The predicted molar refractivity (Wildman–Crippen MR) is 63.6 cm³/mol. The van der Waals surface area contributed by atoms with Crippen molar-refractivity contribution in [1.82, 2.24) is 5.01 Å². The van der Waals surface area contributed by atoms with Crippen LogP contribution in [0, 0.1) is 11.8 Å². The summed E-state index contributed by atoms with van der Waals surface area (Å²) in [5.74, 6) is 1.60. The molecule has 0 aromatic heterocycles. The number of fused-ring (bicyclic) bond motifs is 1. The molecule has 1 aliphatic heterocycles. The summed E-state index contributed by atoms with van der Waals surface area (Å²) in [6.45, 7) is 0.544. The smallest absolute Gasteiger partial charge is 0.246 e. The third-order valence-electron chi connectivity index (χ3n) is 3.30. The van der Waals surface area contributed by atoms with E-state index in [4.69, 9.17) is 4.74 Å². The third-order valence-corrected chi connectivity index (χ3v) is 3.30. The molecule has 0 spiro atoms. The van der Waals surface area contributed by atoms with Crippen LogP contribution in [-0.4, -0.2) is 24.2 Å². The van der Waals surface area contributed by atoms with Gasteiger partial charge in [-0.25, -0.2) is 5.01 Å². The van der Waals surface area contributed by atoms with Crippen molar-refractivity contribution in [2.75, 3.05) is 7.11 Å². The summed E-state index contributed by atoms with van der Waals surface area (Å²) in [6, 6.07) is 7.71. The summed E-state index contributed by atoms with van der Waals surface area (Å²) in [5.41, 5.74) is 1.07. The van der Waals surface area contributed by atoms with Crippen molar-refractivity contribution in [2.24, 2.45) is 16.9 Å². The Morgan fingerprint density at radius 2 is 2.18 bits per heavy atom. The monoisotopic (exact) mass is 230 g/mol. The Bertz CT molecular complexity index is 467. The lowest BCUT2D eigenvalue weighted by Crippen LogP contribution is -2.30. The molecule has 0 N–H and O–H groups in total. The minimum Gasteiger partial charge on any atom is -0.497 e. The number of nitrogens with zero attached hydrogens (tertiary/aromatic N) is 2. The highest BCUT2D eigenvalue weighted by atomic mass is 16.5. The lowest BCUT2D eigenvalue weighted by molar-refractivity contribution is -0.133. The fourth-order valence-corrected chi connectivity index (χ4v) is 2.10. The first kappa shape index (κ1) is 10.3. The maximum absolute atomic E-state index is 11.9. The molecule has 0 bridgehead atoms. The number of hydrogen-bond acceptors (Lipinski definition) is 3. The van der Waals surface area contributed by atoms with E-state index >= 15 is 0 Å². The second-order valence-electron chi connectivity index (χ2n) is 4.51. The number of hydrazone groups is 1. The summed E-state index contributed by atoms with van der Waals surface area (Å²) in [5, 5.41) is 5.76. The van der Waals surface area contributed by atoms with Crippen molar-refractivity contribution in [2.45, 2.75) is 13.0 Å². The largest absolute Gasteiger partial charge is 0.497 e. The van der Waals surface area contributed by atoms with E-state index in [9.17, 15) is 4.79 Å². The van der Waals surface area contributed by atoms with Crippen molar-refractivity contribution in [1.29, 1.82) is 0 Å². The van der Waals surface area contributed by atoms with Crippen molar-refractivity contribution in [3.05, 3.63) is 29.8 Å². The van der Waals surface area contributed by atoms with Crippen LogP contribution in [0.3, 0.4) is 0 Å². The molecule has 2 aliphatic rings. The van der Waals surface area contributed by atoms with Gasteiger partial charge in [0.25, 0.3) is 0 Å². The average Bonchev–Trinajstić information content (AvgIpc) is 3.14. The number of rotatable bonds is 3. The topological polar surface area (TPSA) is 41.9 Å². The molecule has 1 aromatic rings. The molecule has 1 aliphatic carbocycles. The quantitative estimate of drug-likeness (QED) is 0.792. The molecule has 1 fully saturated rings. The van der Waals surface area contributed by atoms with E-state index in [0.29, 0.717) is 12.5 Å². The van der Waals surface area contributed by atoms with Crippen LogP contribution in [0.25, 0.3) is 0 Å². The van der Waals surface area contributed by atoms with Crippen molar-refractivity contribution in [3.8, 4) is 5.75 Å². The first-order valence-corrected chi connectivity index (χ1v) is 5.76. The molecule has 0 saturated heterocycles. The minimum absolute atomic E-state index is 0.160. The normalized spacial score (nSPS) is 25.7. The van der Waals surface area contributed by atoms with Crippen LogP contribution in [0.1, 0.15) is 12.0 Å². The Hall–Kier alpha value is -1.84.